The first-order valence-corrected chi connectivity index (χ1v) is 9.23. The van der Waals surface area contributed by atoms with Gasteiger partial charge in [0.2, 0.25) is 5.91 Å². The number of piperidine rings is 1. The smallest absolute Gasteiger partial charge is 0.326 e. The third-order valence-electron chi connectivity index (χ3n) is 5.92. The zero-order chi connectivity index (χ0) is 18.9. The molecule has 1 aromatic rings. The van der Waals surface area contributed by atoms with Gasteiger partial charge in [-0.05, 0) is 48.8 Å². The number of amides is 2. The molecule has 2 fully saturated rings. The summed E-state index contributed by atoms with van der Waals surface area (Å²) in [7, 11) is 0. The summed E-state index contributed by atoms with van der Waals surface area (Å²) in [5.74, 6) is -1.10. The molecule has 0 aromatic heterocycles. The number of aryl methyl sites for hydroxylation is 1. The van der Waals surface area contributed by atoms with Crippen molar-refractivity contribution < 1.29 is 19.5 Å². The highest BCUT2D eigenvalue weighted by Gasteiger charge is 2.49. The lowest BCUT2D eigenvalue weighted by atomic mass is 9.76. The summed E-state index contributed by atoms with van der Waals surface area (Å²) in [6, 6.07) is 6.98. The van der Waals surface area contributed by atoms with Crippen LogP contribution < -0.4 is 0 Å². The maximum atomic E-state index is 12.7. The number of rotatable bonds is 3. The van der Waals surface area contributed by atoms with Gasteiger partial charge in [0, 0.05) is 32.1 Å². The molecule has 140 valence electrons. The summed E-state index contributed by atoms with van der Waals surface area (Å²) in [6.45, 7) is 5.19. The van der Waals surface area contributed by atoms with Gasteiger partial charge < -0.3 is 14.9 Å². The van der Waals surface area contributed by atoms with E-state index in [1.165, 1.54) is 17.4 Å². The average Bonchev–Trinajstić information content (AvgIpc) is 3.02. The molecule has 1 spiro atoms. The number of carboxylic acid groups (broad SMARTS) is 1. The Kier molecular flexibility index (Phi) is 5.03. The van der Waals surface area contributed by atoms with Crippen LogP contribution in [0.1, 0.15) is 49.0 Å². The van der Waals surface area contributed by atoms with Gasteiger partial charge in [-0.2, -0.15) is 0 Å². The fourth-order valence-corrected chi connectivity index (χ4v) is 4.22. The van der Waals surface area contributed by atoms with Crippen molar-refractivity contribution >= 4 is 17.8 Å². The van der Waals surface area contributed by atoms with Crippen molar-refractivity contribution in [3.63, 3.8) is 0 Å². The van der Waals surface area contributed by atoms with Crippen LogP contribution in [0.5, 0.6) is 0 Å². The summed E-state index contributed by atoms with van der Waals surface area (Å²) in [5, 5.41) is 9.42. The van der Waals surface area contributed by atoms with Crippen LogP contribution in [0.15, 0.2) is 24.3 Å². The molecule has 0 radical (unpaired) electrons. The van der Waals surface area contributed by atoms with Crippen LogP contribution in [0.25, 0.3) is 0 Å². The Morgan fingerprint density at radius 1 is 1.15 bits per heavy atom. The van der Waals surface area contributed by atoms with E-state index >= 15 is 0 Å². The fraction of sp³-hybridized carbons (Fsp3) is 0.550. The third kappa shape index (κ3) is 3.45. The molecule has 0 unspecified atom stereocenters. The third-order valence-corrected chi connectivity index (χ3v) is 5.92. The van der Waals surface area contributed by atoms with Crippen LogP contribution in [0.3, 0.4) is 0 Å². The maximum Gasteiger partial charge on any atom is 0.326 e. The molecule has 6 nitrogen and oxygen atoms in total. The van der Waals surface area contributed by atoms with Gasteiger partial charge in [0.1, 0.15) is 6.04 Å². The molecule has 0 saturated carbocycles. The van der Waals surface area contributed by atoms with Crippen molar-refractivity contribution in [1.82, 2.24) is 9.80 Å². The Hall–Kier alpha value is -2.37. The molecule has 1 aromatic carbocycles. The number of carbonyl (C=O) groups is 3. The van der Waals surface area contributed by atoms with Gasteiger partial charge in [0.05, 0.1) is 0 Å². The lowest BCUT2D eigenvalue weighted by Crippen LogP contribution is -2.44. The summed E-state index contributed by atoms with van der Waals surface area (Å²) >= 11 is 0. The molecule has 6 heteroatoms. The van der Waals surface area contributed by atoms with Crippen molar-refractivity contribution in [2.24, 2.45) is 5.41 Å². The van der Waals surface area contributed by atoms with E-state index in [4.69, 9.17) is 0 Å². The molecular weight excluding hydrogens is 332 g/mol. The molecule has 1 N–H and O–H groups in total. The molecule has 3 rings (SSSR count). The highest BCUT2D eigenvalue weighted by Crippen LogP contribution is 2.43. The van der Waals surface area contributed by atoms with E-state index in [9.17, 15) is 19.5 Å². The molecule has 1 atom stereocenters. The molecule has 2 heterocycles. The number of benzene rings is 1. The number of hydrogen-bond donors (Lipinski definition) is 1. The van der Waals surface area contributed by atoms with Crippen molar-refractivity contribution in [2.45, 2.75) is 45.6 Å². The van der Waals surface area contributed by atoms with Gasteiger partial charge in [-0.1, -0.05) is 19.1 Å². The molecule has 26 heavy (non-hydrogen) atoms. The standard InChI is InChI=1S/C20H26N2O4/c1-3-15-4-6-16(7-5-15)18(24)21-10-8-20(9-11-21)12-17(19(25)26)22(13-20)14(2)23/h4-7,17H,3,8-13H2,1-2H3,(H,25,26)/t17-/m1/s1. The molecule has 0 aliphatic carbocycles. The van der Waals surface area contributed by atoms with E-state index in [1.807, 2.05) is 29.2 Å². The molecule has 0 bridgehead atoms. The summed E-state index contributed by atoms with van der Waals surface area (Å²) in [5.41, 5.74) is 1.71. The average molecular weight is 358 g/mol. The molecule has 2 saturated heterocycles. The van der Waals surface area contributed by atoms with Gasteiger partial charge in [-0.3, -0.25) is 9.59 Å². The number of likely N-dealkylation sites (tertiary alicyclic amines) is 2. The second-order valence-corrected chi connectivity index (χ2v) is 7.55. The first-order chi connectivity index (χ1) is 12.3. The lowest BCUT2D eigenvalue weighted by Gasteiger charge is -2.39. The number of aliphatic carboxylic acids is 1. The first kappa shape index (κ1) is 18.4. The summed E-state index contributed by atoms with van der Waals surface area (Å²) in [4.78, 5) is 39.3. The topological polar surface area (TPSA) is 77.9 Å². The quantitative estimate of drug-likeness (QED) is 0.898. The van der Waals surface area contributed by atoms with Crippen molar-refractivity contribution in [1.29, 1.82) is 0 Å². The van der Waals surface area contributed by atoms with Crippen LogP contribution in [-0.2, 0) is 16.0 Å². The van der Waals surface area contributed by atoms with Crippen molar-refractivity contribution in [3.05, 3.63) is 35.4 Å². The Bertz CT molecular complexity index is 681. The Labute approximate surface area is 153 Å². The minimum absolute atomic E-state index is 0.0266. The van der Waals surface area contributed by atoms with E-state index in [0.29, 0.717) is 31.6 Å². The minimum atomic E-state index is -0.938. The highest BCUT2D eigenvalue weighted by molar-refractivity contribution is 5.94. The van der Waals surface area contributed by atoms with Gasteiger partial charge in [-0.15, -0.1) is 0 Å². The van der Waals surface area contributed by atoms with Crippen LogP contribution in [0.2, 0.25) is 0 Å². The van der Waals surface area contributed by atoms with E-state index < -0.39 is 12.0 Å². The zero-order valence-corrected chi connectivity index (χ0v) is 15.4. The van der Waals surface area contributed by atoms with Crippen molar-refractivity contribution in [3.8, 4) is 0 Å². The Balaban J connectivity index is 1.66. The predicted octanol–water partition coefficient (Wildman–Crippen LogP) is 2.18. The van der Waals surface area contributed by atoms with Crippen LogP contribution in [0, 0.1) is 5.41 Å². The second-order valence-electron chi connectivity index (χ2n) is 7.55. The van der Waals surface area contributed by atoms with E-state index in [2.05, 4.69) is 6.92 Å². The second kappa shape index (κ2) is 7.09. The van der Waals surface area contributed by atoms with Gasteiger partial charge in [0.25, 0.3) is 5.91 Å². The van der Waals surface area contributed by atoms with E-state index in [0.717, 1.165) is 19.3 Å². The van der Waals surface area contributed by atoms with E-state index in [1.54, 1.807) is 0 Å². The Morgan fingerprint density at radius 3 is 2.23 bits per heavy atom. The largest absolute Gasteiger partial charge is 0.480 e. The fourth-order valence-electron chi connectivity index (χ4n) is 4.22. The lowest BCUT2D eigenvalue weighted by molar-refractivity contribution is -0.147. The molecule has 2 aliphatic rings. The number of carbonyl (C=O) groups excluding carboxylic acids is 2. The molecular formula is C20H26N2O4. The van der Waals surface area contributed by atoms with Crippen LogP contribution in [0.4, 0.5) is 0 Å². The zero-order valence-electron chi connectivity index (χ0n) is 15.4. The summed E-state index contributed by atoms with van der Waals surface area (Å²) in [6.07, 6.45) is 2.89. The maximum absolute atomic E-state index is 12.7. The monoisotopic (exact) mass is 358 g/mol. The SMILES string of the molecule is CCc1ccc(C(=O)N2CCC3(CC2)C[C@H](C(=O)O)N(C(C)=O)C3)cc1. The molecule has 2 amide bonds. The predicted molar refractivity (Wildman–Crippen MR) is 96.8 cm³/mol. The minimum Gasteiger partial charge on any atom is -0.480 e. The first-order valence-electron chi connectivity index (χ1n) is 9.23. The summed E-state index contributed by atoms with van der Waals surface area (Å²) < 4.78 is 0. The number of hydrogen-bond acceptors (Lipinski definition) is 3. The van der Waals surface area contributed by atoms with E-state index in [-0.39, 0.29) is 17.2 Å². The normalized spacial score (nSPS) is 21.8. The van der Waals surface area contributed by atoms with Crippen molar-refractivity contribution in [2.75, 3.05) is 19.6 Å². The van der Waals surface area contributed by atoms with Gasteiger partial charge in [0.15, 0.2) is 0 Å². The van der Waals surface area contributed by atoms with Crippen LogP contribution in [-0.4, -0.2) is 58.4 Å². The molecule has 2 aliphatic heterocycles. The number of nitrogens with zero attached hydrogens (tertiary/aromatic N) is 2. The van der Waals surface area contributed by atoms with Gasteiger partial charge in [-0.25, -0.2) is 4.79 Å². The van der Waals surface area contributed by atoms with Crippen LogP contribution >= 0.6 is 0 Å². The highest BCUT2D eigenvalue weighted by atomic mass is 16.4. The number of carboxylic acids is 1. The Morgan fingerprint density at radius 2 is 1.77 bits per heavy atom. The van der Waals surface area contributed by atoms with Gasteiger partial charge >= 0.3 is 5.97 Å².